The lowest BCUT2D eigenvalue weighted by atomic mass is 9.89. The van der Waals surface area contributed by atoms with Crippen LogP contribution in [0, 0.1) is 0 Å². The largest absolute Gasteiger partial charge is 0.381 e. The first-order valence-corrected chi connectivity index (χ1v) is 5.52. The summed E-state index contributed by atoms with van der Waals surface area (Å²) in [7, 11) is 3.77. The topological polar surface area (TPSA) is 39.1 Å². The molecule has 0 unspecified atom stereocenters. The number of aromatic nitrogens is 2. The predicted octanol–water partition coefficient (Wildman–Crippen LogP) is 0.730. The number of methoxy groups -OCH3 is 1. The molecule has 0 aliphatic heterocycles. The quantitative estimate of drug-likeness (QED) is 0.777. The van der Waals surface area contributed by atoms with E-state index in [-0.39, 0.29) is 0 Å². The van der Waals surface area contributed by atoms with Crippen molar-refractivity contribution in [3.63, 3.8) is 0 Å². The fourth-order valence-electron chi connectivity index (χ4n) is 1.98. The van der Waals surface area contributed by atoms with Gasteiger partial charge in [0.15, 0.2) is 0 Å². The second-order valence-corrected chi connectivity index (χ2v) is 4.18. The molecule has 1 saturated carbocycles. The van der Waals surface area contributed by atoms with E-state index in [1.807, 2.05) is 17.9 Å². The molecule has 0 aromatic carbocycles. The molecule has 0 amide bonds. The summed E-state index contributed by atoms with van der Waals surface area (Å²) in [5.41, 5.74) is 1.28. The van der Waals surface area contributed by atoms with Crippen LogP contribution in [0.2, 0.25) is 0 Å². The van der Waals surface area contributed by atoms with Gasteiger partial charge in [-0.2, -0.15) is 5.10 Å². The molecule has 0 saturated heterocycles. The molecular formula is C11H19N3O. The van der Waals surface area contributed by atoms with Crippen molar-refractivity contribution in [3.05, 3.63) is 18.0 Å². The Morgan fingerprint density at radius 2 is 2.40 bits per heavy atom. The highest BCUT2D eigenvalue weighted by atomic mass is 16.5. The van der Waals surface area contributed by atoms with Crippen molar-refractivity contribution < 1.29 is 4.74 Å². The molecule has 1 N–H and O–H groups in total. The minimum absolute atomic E-state index is 0.485. The van der Waals surface area contributed by atoms with Crippen LogP contribution in [-0.2, 0) is 18.2 Å². The number of hydrogen-bond acceptors (Lipinski definition) is 3. The fourth-order valence-corrected chi connectivity index (χ4v) is 1.98. The Morgan fingerprint density at radius 1 is 1.60 bits per heavy atom. The van der Waals surface area contributed by atoms with E-state index in [2.05, 4.69) is 16.5 Å². The first-order chi connectivity index (χ1) is 7.29. The van der Waals surface area contributed by atoms with Gasteiger partial charge >= 0.3 is 0 Å². The molecule has 4 heteroatoms. The second-order valence-electron chi connectivity index (χ2n) is 4.18. The van der Waals surface area contributed by atoms with Gasteiger partial charge in [0.05, 0.1) is 6.10 Å². The van der Waals surface area contributed by atoms with E-state index in [1.54, 1.807) is 7.11 Å². The Kier molecular flexibility index (Phi) is 3.38. The lowest BCUT2D eigenvalue weighted by Gasteiger charge is -2.34. The minimum Gasteiger partial charge on any atom is -0.381 e. The van der Waals surface area contributed by atoms with Gasteiger partial charge < -0.3 is 10.1 Å². The van der Waals surface area contributed by atoms with Crippen molar-refractivity contribution in [1.29, 1.82) is 0 Å². The summed E-state index contributed by atoms with van der Waals surface area (Å²) >= 11 is 0. The molecule has 1 aliphatic rings. The van der Waals surface area contributed by atoms with Crippen molar-refractivity contribution in [2.24, 2.45) is 7.05 Å². The Labute approximate surface area is 90.6 Å². The molecule has 1 aromatic rings. The van der Waals surface area contributed by atoms with Crippen LogP contribution in [-0.4, -0.2) is 35.6 Å². The van der Waals surface area contributed by atoms with E-state index in [0.29, 0.717) is 12.1 Å². The van der Waals surface area contributed by atoms with E-state index < -0.39 is 0 Å². The molecular weight excluding hydrogens is 190 g/mol. The second kappa shape index (κ2) is 4.77. The van der Waals surface area contributed by atoms with Crippen LogP contribution in [0.1, 0.15) is 18.5 Å². The first kappa shape index (κ1) is 10.6. The summed E-state index contributed by atoms with van der Waals surface area (Å²) in [6, 6.07) is 2.73. The Bertz CT molecular complexity index is 305. The lowest BCUT2D eigenvalue weighted by Crippen LogP contribution is -2.45. The highest BCUT2D eigenvalue weighted by Crippen LogP contribution is 2.22. The van der Waals surface area contributed by atoms with Gasteiger partial charge in [-0.3, -0.25) is 4.68 Å². The van der Waals surface area contributed by atoms with E-state index >= 15 is 0 Å². The zero-order valence-corrected chi connectivity index (χ0v) is 9.44. The number of nitrogens with zero attached hydrogens (tertiary/aromatic N) is 2. The van der Waals surface area contributed by atoms with Gasteiger partial charge in [0.2, 0.25) is 0 Å². The third kappa shape index (κ3) is 2.58. The number of rotatable bonds is 5. The SMILES string of the molecule is COC1CC(NCCc2ccnn2C)C1. The molecule has 2 rings (SSSR count). The van der Waals surface area contributed by atoms with Crippen molar-refractivity contribution in [3.8, 4) is 0 Å². The van der Waals surface area contributed by atoms with Gasteiger partial charge in [-0.15, -0.1) is 0 Å². The van der Waals surface area contributed by atoms with Gasteiger partial charge in [0.1, 0.15) is 0 Å². The monoisotopic (exact) mass is 209 g/mol. The Hall–Kier alpha value is -0.870. The fraction of sp³-hybridized carbons (Fsp3) is 0.727. The van der Waals surface area contributed by atoms with Gasteiger partial charge in [0, 0.05) is 45.1 Å². The van der Waals surface area contributed by atoms with Crippen LogP contribution in [0.25, 0.3) is 0 Å². The predicted molar refractivity (Wildman–Crippen MR) is 58.7 cm³/mol. The van der Waals surface area contributed by atoms with E-state index in [0.717, 1.165) is 25.8 Å². The van der Waals surface area contributed by atoms with Gasteiger partial charge in [-0.25, -0.2) is 0 Å². The van der Waals surface area contributed by atoms with Crippen LogP contribution in [0.15, 0.2) is 12.3 Å². The van der Waals surface area contributed by atoms with E-state index in [1.165, 1.54) is 5.69 Å². The number of nitrogens with one attached hydrogen (secondary N) is 1. The van der Waals surface area contributed by atoms with E-state index in [9.17, 15) is 0 Å². The summed E-state index contributed by atoms with van der Waals surface area (Å²) in [4.78, 5) is 0. The highest BCUT2D eigenvalue weighted by molar-refractivity contribution is 5.00. The van der Waals surface area contributed by atoms with Crippen LogP contribution in [0.3, 0.4) is 0 Å². The maximum atomic E-state index is 5.23. The summed E-state index contributed by atoms with van der Waals surface area (Å²) in [6.07, 6.45) is 5.69. The molecule has 0 bridgehead atoms. The van der Waals surface area contributed by atoms with Crippen molar-refractivity contribution in [1.82, 2.24) is 15.1 Å². The molecule has 1 fully saturated rings. The van der Waals surface area contributed by atoms with Crippen molar-refractivity contribution >= 4 is 0 Å². The van der Waals surface area contributed by atoms with Crippen LogP contribution >= 0.6 is 0 Å². The molecule has 1 aromatic heterocycles. The standard InChI is InChI=1S/C11H19N3O/c1-14-10(4-6-13-14)3-5-12-9-7-11(8-9)15-2/h4,6,9,11-12H,3,5,7-8H2,1-2H3. The summed E-state index contributed by atoms with van der Waals surface area (Å²) < 4.78 is 7.16. The van der Waals surface area contributed by atoms with Gasteiger partial charge in [-0.1, -0.05) is 0 Å². The van der Waals surface area contributed by atoms with Crippen LogP contribution < -0.4 is 5.32 Å². The summed E-state index contributed by atoms with van der Waals surface area (Å²) in [5, 5.41) is 7.67. The number of ether oxygens (including phenoxy) is 1. The number of hydrogen-bond donors (Lipinski definition) is 1. The van der Waals surface area contributed by atoms with Crippen LogP contribution in [0.4, 0.5) is 0 Å². The molecule has 15 heavy (non-hydrogen) atoms. The Morgan fingerprint density at radius 3 is 3.00 bits per heavy atom. The smallest absolute Gasteiger partial charge is 0.0601 e. The lowest BCUT2D eigenvalue weighted by molar-refractivity contribution is 0.0177. The van der Waals surface area contributed by atoms with Gasteiger partial charge in [-0.05, 0) is 18.9 Å². The van der Waals surface area contributed by atoms with Crippen molar-refractivity contribution in [2.75, 3.05) is 13.7 Å². The van der Waals surface area contributed by atoms with Crippen LogP contribution in [0.5, 0.6) is 0 Å². The molecule has 1 heterocycles. The zero-order chi connectivity index (χ0) is 10.7. The molecule has 0 atom stereocenters. The zero-order valence-electron chi connectivity index (χ0n) is 9.44. The molecule has 4 nitrogen and oxygen atoms in total. The normalized spacial score (nSPS) is 25.2. The molecule has 84 valence electrons. The summed E-state index contributed by atoms with van der Waals surface area (Å²) in [6.45, 7) is 1.03. The third-order valence-electron chi connectivity index (χ3n) is 3.16. The molecule has 0 radical (unpaired) electrons. The maximum Gasteiger partial charge on any atom is 0.0601 e. The summed E-state index contributed by atoms with van der Waals surface area (Å²) in [5.74, 6) is 0. The van der Waals surface area contributed by atoms with E-state index in [4.69, 9.17) is 4.74 Å². The highest BCUT2D eigenvalue weighted by Gasteiger charge is 2.27. The third-order valence-corrected chi connectivity index (χ3v) is 3.16. The van der Waals surface area contributed by atoms with Crippen molar-refractivity contribution in [2.45, 2.75) is 31.4 Å². The Balaban J connectivity index is 1.62. The number of aryl methyl sites for hydroxylation is 1. The minimum atomic E-state index is 0.485. The maximum absolute atomic E-state index is 5.23. The first-order valence-electron chi connectivity index (χ1n) is 5.52. The average Bonchev–Trinajstić information content (AvgIpc) is 2.56. The van der Waals surface area contributed by atoms with Gasteiger partial charge in [0.25, 0.3) is 0 Å². The molecule has 0 spiro atoms. The average molecular weight is 209 g/mol. The molecule has 1 aliphatic carbocycles.